The average Bonchev–Trinajstić information content (AvgIpc) is 2.48. The van der Waals surface area contributed by atoms with Crippen molar-refractivity contribution >= 4 is 17.3 Å². The molecule has 1 atom stereocenters. The zero-order valence-electron chi connectivity index (χ0n) is 12.4. The van der Waals surface area contributed by atoms with Crippen LogP contribution in [0.15, 0.2) is 18.2 Å². The number of piperidine rings is 1. The number of hydrogen-bond acceptors (Lipinski definition) is 4. The van der Waals surface area contributed by atoms with Gasteiger partial charge in [0.25, 0.3) is 0 Å². The predicted octanol–water partition coefficient (Wildman–Crippen LogP) is 3.07. The summed E-state index contributed by atoms with van der Waals surface area (Å²) in [4.78, 5) is 14.1. The standard InChI is InChI=1S/C16H24N2O2/c1-3-12-6-5-9-18(11-12)15-10-13(7-8-14(15)17)16(19)20-4-2/h7-8,10,12H,3-6,9,11,17H2,1-2H3. The van der Waals surface area contributed by atoms with E-state index >= 15 is 0 Å². The third kappa shape index (κ3) is 3.24. The monoisotopic (exact) mass is 276 g/mol. The van der Waals surface area contributed by atoms with Crippen molar-refractivity contribution in [1.82, 2.24) is 0 Å². The Kier molecular flexibility index (Phi) is 4.88. The van der Waals surface area contributed by atoms with Gasteiger partial charge in [-0.3, -0.25) is 0 Å². The number of carbonyl (C=O) groups is 1. The van der Waals surface area contributed by atoms with Crippen molar-refractivity contribution in [2.75, 3.05) is 30.3 Å². The highest BCUT2D eigenvalue weighted by Crippen LogP contribution is 2.30. The molecule has 2 rings (SSSR count). The summed E-state index contributed by atoms with van der Waals surface area (Å²) in [5.74, 6) is 0.437. The summed E-state index contributed by atoms with van der Waals surface area (Å²) >= 11 is 0. The molecule has 20 heavy (non-hydrogen) atoms. The second kappa shape index (κ2) is 6.64. The van der Waals surface area contributed by atoms with Crippen LogP contribution in [0, 0.1) is 5.92 Å². The molecule has 0 saturated carbocycles. The van der Waals surface area contributed by atoms with Crippen molar-refractivity contribution in [1.29, 1.82) is 0 Å². The zero-order chi connectivity index (χ0) is 14.5. The number of rotatable bonds is 4. The summed E-state index contributed by atoms with van der Waals surface area (Å²) in [6.45, 7) is 6.46. The summed E-state index contributed by atoms with van der Waals surface area (Å²) < 4.78 is 5.05. The maximum absolute atomic E-state index is 11.8. The largest absolute Gasteiger partial charge is 0.462 e. The molecule has 1 heterocycles. The van der Waals surface area contributed by atoms with Crippen LogP contribution in [-0.2, 0) is 4.74 Å². The predicted molar refractivity (Wildman–Crippen MR) is 82.0 cm³/mol. The van der Waals surface area contributed by atoms with Gasteiger partial charge in [-0.05, 0) is 43.9 Å². The normalized spacial score (nSPS) is 18.9. The van der Waals surface area contributed by atoms with Crippen LogP contribution in [0.25, 0.3) is 0 Å². The van der Waals surface area contributed by atoms with E-state index in [4.69, 9.17) is 10.5 Å². The van der Waals surface area contributed by atoms with Crippen LogP contribution in [0.4, 0.5) is 11.4 Å². The second-order valence-corrected chi connectivity index (χ2v) is 5.36. The Labute approximate surface area is 120 Å². The number of carbonyl (C=O) groups excluding carboxylic acids is 1. The van der Waals surface area contributed by atoms with Gasteiger partial charge in [0.05, 0.1) is 23.5 Å². The summed E-state index contributed by atoms with van der Waals surface area (Å²) in [5.41, 5.74) is 8.36. The molecule has 0 radical (unpaired) electrons. The fourth-order valence-corrected chi connectivity index (χ4v) is 2.78. The first-order valence-corrected chi connectivity index (χ1v) is 7.47. The molecule has 0 amide bonds. The van der Waals surface area contributed by atoms with E-state index < -0.39 is 0 Å². The Bertz CT molecular complexity index is 474. The number of benzene rings is 1. The smallest absolute Gasteiger partial charge is 0.338 e. The van der Waals surface area contributed by atoms with Gasteiger partial charge in [-0.2, -0.15) is 0 Å². The van der Waals surface area contributed by atoms with Gasteiger partial charge in [0.2, 0.25) is 0 Å². The quantitative estimate of drug-likeness (QED) is 0.678. The van der Waals surface area contributed by atoms with Crippen LogP contribution in [0.1, 0.15) is 43.5 Å². The van der Waals surface area contributed by atoms with Crippen LogP contribution in [-0.4, -0.2) is 25.7 Å². The lowest BCUT2D eigenvalue weighted by atomic mass is 9.95. The molecule has 1 saturated heterocycles. The van der Waals surface area contributed by atoms with Gasteiger partial charge < -0.3 is 15.4 Å². The van der Waals surface area contributed by atoms with Gasteiger partial charge in [0.15, 0.2) is 0 Å². The van der Waals surface area contributed by atoms with Gasteiger partial charge in [-0.25, -0.2) is 4.79 Å². The number of anilines is 2. The molecule has 2 N–H and O–H groups in total. The number of ether oxygens (including phenoxy) is 1. The molecule has 0 spiro atoms. The summed E-state index contributed by atoms with van der Waals surface area (Å²) in [7, 11) is 0. The molecule has 0 aromatic heterocycles. The first-order chi connectivity index (χ1) is 9.65. The summed E-state index contributed by atoms with van der Waals surface area (Å²) in [6.07, 6.45) is 3.65. The van der Waals surface area contributed by atoms with Gasteiger partial charge in [0, 0.05) is 13.1 Å². The molecule has 0 aliphatic carbocycles. The number of nitrogen functional groups attached to an aromatic ring is 1. The molecule has 4 nitrogen and oxygen atoms in total. The van der Waals surface area contributed by atoms with Crippen LogP contribution in [0.3, 0.4) is 0 Å². The van der Waals surface area contributed by atoms with Crippen molar-refractivity contribution in [3.8, 4) is 0 Å². The molecule has 110 valence electrons. The van der Waals surface area contributed by atoms with Crippen molar-refractivity contribution in [2.45, 2.75) is 33.1 Å². The molecule has 1 aliphatic rings. The molecular formula is C16H24N2O2. The van der Waals surface area contributed by atoms with Crippen molar-refractivity contribution < 1.29 is 9.53 Å². The Morgan fingerprint density at radius 2 is 2.25 bits per heavy atom. The lowest BCUT2D eigenvalue weighted by Crippen LogP contribution is -2.35. The topological polar surface area (TPSA) is 55.6 Å². The van der Waals surface area contributed by atoms with Crippen molar-refractivity contribution in [3.63, 3.8) is 0 Å². The van der Waals surface area contributed by atoms with Gasteiger partial charge in [-0.1, -0.05) is 13.3 Å². The highest BCUT2D eigenvalue weighted by Gasteiger charge is 2.21. The number of nitrogens with zero attached hydrogens (tertiary/aromatic N) is 1. The van der Waals surface area contributed by atoms with Gasteiger partial charge >= 0.3 is 5.97 Å². The maximum Gasteiger partial charge on any atom is 0.338 e. The number of esters is 1. The summed E-state index contributed by atoms with van der Waals surface area (Å²) in [5, 5.41) is 0. The van der Waals surface area contributed by atoms with E-state index in [0.29, 0.717) is 12.2 Å². The van der Waals surface area contributed by atoms with Crippen molar-refractivity contribution in [3.05, 3.63) is 23.8 Å². The van der Waals surface area contributed by atoms with E-state index in [1.165, 1.54) is 19.3 Å². The Hall–Kier alpha value is -1.71. The van der Waals surface area contributed by atoms with E-state index in [9.17, 15) is 4.79 Å². The van der Waals surface area contributed by atoms with Crippen LogP contribution in [0.5, 0.6) is 0 Å². The molecule has 1 aromatic rings. The first kappa shape index (κ1) is 14.7. The van der Waals surface area contributed by atoms with Crippen LogP contribution < -0.4 is 10.6 Å². The Balaban J connectivity index is 2.21. The van der Waals surface area contributed by atoms with Gasteiger partial charge in [-0.15, -0.1) is 0 Å². The molecule has 1 unspecified atom stereocenters. The minimum Gasteiger partial charge on any atom is -0.462 e. The lowest BCUT2D eigenvalue weighted by Gasteiger charge is -2.34. The Morgan fingerprint density at radius 3 is 2.95 bits per heavy atom. The number of hydrogen-bond donors (Lipinski definition) is 1. The van der Waals surface area contributed by atoms with Crippen LogP contribution >= 0.6 is 0 Å². The van der Waals surface area contributed by atoms with E-state index in [2.05, 4.69) is 11.8 Å². The first-order valence-electron chi connectivity index (χ1n) is 7.47. The number of nitrogens with two attached hydrogens (primary N) is 1. The van der Waals surface area contributed by atoms with Crippen LogP contribution in [0.2, 0.25) is 0 Å². The minimum absolute atomic E-state index is 0.280. The highest BCUT2D eigenvalue weighted by atomic mass is 16.5. The average molecular weight is 276 g/mol. The van der Waals surface area contributed by atoms with E-state index in [1.807, 2.05) is 13.0 Å². The van der Waals surface area contributed by atoms with E-state index in [0.717, 1.165) is 30.4 Å². The molecular weight excluding hydrogens is 252 g/mol. The molecule has 1 aliphatic heterocycles. The summed E-state index contributed by atoms with van der Waals surface area (Å²) in [6, 6.07) is 5.40. The molecule has 0 bridgehead atoms. The molecule has 1 aromatic carbocycles. The van der Waals surface area contributed by atoms with Gasteiger partial charge in [0.1, 0.15) is 0 Å². The molecule has 1 fully saturated rings. The van der Waals surface area contributed by atoms with E-state index in [1.54, 1.807) is 12.1 Å². The Morgan fingerprint density at radius 1 is 1.45 bits per heavy atom. The van der Waals surface area contributed by atoms with Crippen molar-refractivity contribution in [2.24, 2.45) is 5.92 Å². The fourth-order valence-electron chi connectivity index (χ4n) is 2.78. The zero-order valence-corrected chi connectivity index (χ0v) is 12.4. The fraction of sp³-hybridized carbons (Fsp3) is 0.562. The second-order valence-electron chi connectivity index (χ2n) is 5.36. The third-order valence-electron chi connectivity index (χ3n) is 3.98. The SMILES string of the molecule is CCOC(=O)c1ccc(N)c(N2CCCC(CC)C2)c1. The highest BCUT2D eigenvalue weighted by molar-refractivity contribution is 5.92. The molecule has 4 heteroatoms. The lowest BCUT2D eigenvalue weighted by molar-refractivity contribution is 0.0526. The van der Waals surface area contributed by atoms with E-state index in [-0.39, 0.29) is 5.97 Å². The third-order valence-corrected chi connectivity index (χ3v) is 3.98. The minimum atomic E-state index is -0.280. The maximum atomic E-state index is 11.8.